The lowest BCUT2D eigenvalue weighted by atomic mass is 10.1. The van der Waals surface area contributed by atoms with Crippen molar-refractivity contribution in [2.45, 2.75) is 0 Å². The molecule has 0 saturated carbocycles. The van der Waals surface area contributed by atoms with E-state index in [9.17, 15) is 0 Å². The minimum atomic E-state index is 0. The Hall–Kier alpha value is -2.57. The van der Waals surface area contributed by atoms with Crippen molar-refractivity contribution in [3.8, 4) is 0 Å². The summed E-state index contributed by atoms with van der Waals surface area (Å²) in [6, 6.07) is 21.8. The zero-order chi connectivity index (χ0) is 13.1. The maximum atomic E-state index is 8.64. The SMILES string of the molecule is N#[N+]c1ccc(Nc2ccc3ccccc3c2)cc1.[Cl-]. The van der Waals surface area contributed by atoms with E-state index in [1.165, 1.54) is 10.8 Å². The van der Waals surface area contributed by atoms with E-state index in [4.69, 9.17) is 5.39 Å². The third-order valence-corrected chi connectivity index (χ3v) is 3.02. The van der Waals surface area contributed by atoms with E-state index < -0.39 is 0 Å². The normalized spacial score (nSPS) is 9.55. The van der Waals surface area contributed by atoms with Crippen molar-refractivity contribution >= 4 is 27.8 Å². The molecule has 0 bridgehead atoms. The molecule has 0 aliphatic heterocycles. The molecule has 98 valence electrons. The quantitative estimate of drug-likeness (QED) is 0.731. The van der Waals surface area contributed by atoms with Crippen LogP contribution in [0.4, 0.5) is 17.1 Å². The Labute approximate surface area is 123 Å². The number of nitrogens with one attached hydrogen (secondary N) is 1. The Bertz CT molecular complexity index is 761. The first-order valence-corrected chi connectivity index (χ1v) is 6.06. The molecule has 0 saturated heterocycles. The molecule has 3 nitrogen and oxygen atoms in total. The smallest absolute Gasteiger partial charge is 0.385 e. The molecule has 0 aliphatic carbocycles. The van der Waals surface area contributed by atoms with Crippen molar-refractivity contribution < 1.29 is 12.4 Å². The Balaban J connectivity index is 0.00000147. The van der Waals surface area contributed by atoms with Crippen LogP contribution in [0.5, 0.6) is 0 Å². The standard InChI is InChI=1S/C16H12N3.ClH/c17-19-15-9-7-14(8-10-15)18-16-6-5-12-3-1-2-4-13(12)11-16;/h1-11,18H;1H/q+1;/p-1. The molecule has 20 heavy (non-hydrogen) atoms. The van der Waals surface area contributed by atoms with Gasteiger partial charge in [-0.15, -0.1) is 0 Å². The average Bonchev–Trinajstić information content (AvgIpc) is 2.48. The van der Waals surface area contributed by atoms with Crippen LogP contribution >= 0.6 is 0 Å². The molecule has 0 atom stereocenters. The fourth-order valence-corrected chi connectivity index (χ4v) is 2.05. The fraction of sp³-hybridized carbons (Fsp3) is 0. The van der Waals surface area contributed by atoms with Crippen LogP contribution < -0.4 is 17.7 Å². The van der Waals surface area contributed by atoms with Gasteiger partial charge in [0.25, 0.3) is 0 Å². The zero-order valence-corrected chi connectivity index (χ0v) is 11.4. The number of diazo groups is 1. The van der Waals surface area contributed by atoms with Crippen LogP contribution in [-0.2, 0) is 0 Å². The number of rotatable bonds is 2. The molecule has 0 radical (unpaired) electrons. The summed E-state index contributed by atoms with van der Waals surface area (Å²) in [4.78, 5) is 3.13. The van der Waals surface area contributed by atoms with Crippen molar-refractivity contribution in [2.24, 2.45) is 0 Å². The van der Waals surface area contributed by atoms with Crippen LogP contribution in [0.1, 0.15) is 0 Å². The van der Waals surface area contributed by atoms with Gasteiger partial charge in [-0.05, 0) is 35.0 Å². The van der Waals surface area contributed by atoms with E-state index in [0.29, 0.717) is 5.69 Å². The summed E-state index contributed by atoms with van der Waals surface area (Å²) < 4.78 is 0. The number of hydrogen-bond acceptors (Lipinski definition) is 2. The molecule has 0 amide bonds. The molecule has 0 fully saturated rings. The Morgan fingerprint density at radius 2 is 1.40 bits per heavy atom. The lowest BCUT2D eigenvalue weighted by molar-refractivity contribution is -0.00000389. The van der Waals surface area contributed by atoms with Crippen LogP contribution in [-0.4, -0.2) is 0 Å². The van der Waals surface area contributed by atoms with Gasteiger partial charge in [0.15, 0.2) is 4.98 Å². The van der Waals surface area contributed by atoms with Crippen molar-refractivity contribution in [1.82, 2.24) is 0 Å². The van der Waals surface area contributed by atoms with E-state index in [-0.39, 0.29) is 12.4 Å². The summed E-state index contributed by atoms with van der Waals surface area (Å²) in [7, 11) is 0. The van der Waals surface area contributed by atoms with Crippen LogP contribution in [0, 0.1) is 5.39 Å². The maximum Gasteiger partial charge on any atom is 0.385 e. The highest BCUT2D eigenvalue weighted by Gasteiger charge is 2.03. The topological polar surface area (TPSA) is 40.2 Å². The third kappa shape index (κ3) is 2.87. The summed E-state index contributed by atoms with van der Waals surface area (Å²) >= 11 is 0. The van der Waals surface area contributed by atoms with Crippen LogP contribution in [0.3, 0.4) is 0 Å². The van der Waals surface area contributed by atoms with Gasteiger partial charge in [-0.3, -0.25) is 0 Å². The zero-order valence-electron chi connectivity index (χ0n) is 10.6. The molecule has 0 spiro atoms. The monoisotopic (exact) mass is 281 g/mol. The second-order valence-electron chi connectivity index (χ2n) is 4.33. The summed E-state index contributed by atoms with van der Waals surface area (Å²) in [5.74, 6) is 0. The Morgan fingerprint density at radius 1 is 0.750 bits per heavy atom. The summed E-state index contributed by atoms with van der Waals surface area (Å²) in [6.07, 6.45) is 0. The second kappa shape index (κ2) is 6.05. The van der Waals surface area contributed by atoms with Gasteiger partial charge in [0, 0.05) is 23.5 Å². The van der Waals surface area contributed by atoms with Crippen LogP contribution in [0.2, 0.25) is 0 Å². The number of benzene rings is 3. The molecule has 3 aromatic rings. The molecule has 3 rings (SSSR count). The molecule has 1 N–H and O–H groups in total. The summed E-state index contributed by atoms with van der Waals surface area (Å²) in [5, 5.41) is 14.4. The molecule has 0 heterocycles. The Morgan fingerprint density at radius 3 is 2.10 bits per heavy atom. The van der Waals surface area contributed by atoms with E-state index in [1.54, 1.807) is 12.1 Å². The predicted octanol–water partition coefficient (Wildman–Crippen LogP) is 2.07. The molecule has 4 heteroatoms. The number of anilines is 2. The predicted molar refractivity (Wildman–Crippen MR) is 78.4 cm³/mol. The summed E-state index contributed by atoms with van der Waals surface area (Å²) in [6.45, 7) is 0. The van der Waals surface area contributed by atoms with E-state index >= 15 is 0 Å². The third-order valence-electron chi connectivity index (χ3n) is 3.02. The highest BCUT2D eigenvalue weighted by atomic mass is 35.5. The van der Waals surface area contributed by atoms with Gasteiger partial charge in [0.2, 0.25) is 5.39 Å². The minimum Gasteiger partial charge on any atom is -1.00 e. The van der Waals surface area contributed by atoms with Gasteiger partial charge in [0.05, 0.1) is 0 Å². The fourth-order valence-electron chi connectivity index (χ4n) is 2.05. The largest absolute Gasteiger partial charge is 1.00 e. The van der Waals surface area contributed by atoms with Gasteiger partial charge in [-0.25, -0.2) is 0 Å². The van der Waals surface area contributed by atoms with Crippen molar-refractivity contribution in [3.63, 3.8) is 0 Å². The first-order chi connectivity index (χ1) is 9.35. The molecular formula is C16H12ClN3. The molecule has 0 aliphatic rings. The second-order valence-corrected chi connectivity index (χ2v) is 4.33. The number of hydrogen-bond donors (Lipinski definition) is 1. The molecular weight excluding hydrogens is 270 g/mol. The van der Waals surface area contributed by atoms with Crippen molar-refractivity contribution in [3.05, 3.63) is 71.7 Å². The van der Waals surface area contributed by atoms with Gasteiger partial charge in [0.1, 0.15) is 0 Å². The van der Waals surface area contributed by atoms with Gasteiger partial charge < -0.3 is 17.7 Å². The minimum absolute atomic E-state index is 0. The number of nitrogens with zero attached hydrogens (tertiary/aromatic N) is 2. The lowest BCUT2D eigenvalue weighted by Crippen LogP contribution is -3.00. The van der Waals surface area contributed by atoms with E-state index in [1.807, 2.05) is 30.3 Å². The highest BCUT2D eigenvalue weighted by Crippen LogP contribution is 2.23. The van der Waals surface area contributed by atoms with Crippen LogP contribution in [0.25, 0.3) is 15.7 Å². The summed E-state index contributed by atoms with van der Waals surface area (Å²) in [5.41, 5.74) is 2.54. The number of halogens is 1. The Kier molecular flexibility index (Phi) is 4.19. The first-order valence-electron chi connectivity index (χ1n) is 6.06. The van der Waals surface area contributed by atoms with E-state index in [0.717, 1.165) is 11.4 Å². The molecule has 3 aromatic carbocycles. The molecule has 0 aromatic heterocycles. The maximum absolute atomic E-state index is 8.64. The highest BCUT2D eigenvalue weighted by molar-refractivity contribution is 5.86. The first kappa shape index (κ1) is 13.9. The van der Waals surface area contributed by atoms with Crippen LogP contribution in [0.15, 0.2) is 66.7 Å². The van der Waals surface area contributed by atoms with Gasteiger partial charge in [-0.2, -0.15) is 0 Å². The van der Waals surface area contributed by atoms with Gasteiger partial charge >= 0.3 is 5.69 Å². The number of fused-ring (bicyclic) bond motifs is 1. The van der Waals surface area contributed by atoms with E-state index in [2.05, 4.69) is 34.6 Å². The van der Waals surface area contributed by atoms with Crippen molar-refractivity contribution in [2.75, 3.05) is 5.32 Å². The van der Waals surface area contributed by atoms with Crippen molar-refractivity contribution in [1.29, 1.82) is 5.39 Å². The average molecular weight is 282 g/mol. The van der Waals surface area contributed by atoms with Gasteiger partial charge in [-0.1, -0.05) is 30.3 Å². The lowest BCUT2D eigenvalue weighted by Gasteiger charge is -2.07. The molecule has 0 unspecified atom stereocenters.